The van der Waals surface area contributed by atoms with E-state index in [4.69, 9.17) is 18.9 Å². The summed E-state index contributed by atoms with van der Waals surface area (Å²) in [4.78, 5) is 34.6. The number of unbranched alkanes of at least 4 members (excludes halogenated alkanes) is 2. The summed E-state index contributed by atoms with van der Waals surface area (Å²) in [5.74, 6) is 2.28. The molecule has 0 N–H and O–H groups in total. The smallest absolute Gasteiger partial charge is 0.257 e. The second-order valence-electron chi connectivity index (χ2n) is 11.2. The van der Waals surface area contributed by atoms with Gasteiger partial charge in [-0.1, -0.05) is 24.3 Å². The summed E-state index contributed by atoms with van der Waals surface area (Å²) >= 11 is 0. The quantitative estimate of drug-likeness (QED) is 0.278. The van der Waals surface area contributed by atoms with Crippen molar-refractivity contribution >= 4 is 29.8 Å². The summed E-state index contributed by atoms with van der Waals surface area (Å²) in [6.07, 6.45) is 11.3. The maximum Gasteiger partial charge on any atom is 0.257 e. The number of hydrogen-bond donors (Lipinski definition) is 0. The van der Waals surface area contributed by atoms with E-state index in [0.29, 0.717) is 59.6 Å². The Morgan fingerprint density at radius 3 is 2.29 bits per heavy atom. The summed E-state index contributed by atoms with van der Waals surface area (Å²) < 4.78 is 23.3. The monoisotopic (exact) mass is 571 g/mol. The molecule has 4 aliphatic rings. The van der Waals surface area contributed by atoms with E-state index in [-0.39, 0.29) is 23.9 Å². The van der Waals surface area contributed by atoms with Crippen LogP contribution in [0.5, 0.6) is 23.0 Å². The van der Waals surface area contributed by atoms with Gasteiger partial charge in [0.2, 0.25) is 0 Å². The highest BCUT2D eigenvalue weighted by Crippen LogP contribution is 2.39. The Morgan fingerprint density at radius 2 is 1.55 bits per heavy atom. The third kappa shape index (κ3) is 5.35. The first-order valence-corrected chi connectivity index (χ1v) is 14.7. The topological polar surface area (TPSA) is 89.9 Å². The molecule has 0 radical (unpaired) electrons. The summed E-state index contributed by atoms with van der Waals surface area (Å²) in [6.45, 7) is 6.39. The van der Waals surface area contributed by atoms with E-state index in [1.807, 2.05) is 23.3 Å². The molecule has 0 saturated carbocycles. The number of ether oxygens (including phenoxy) is 4. The summed E-state index contributed by atoms with van der Waals surface area (Å²) in [7, 11) is 3.17. The van der Waals surface area contributed by atoms with E-state index in [1.165, 1.54) is 0 Å². The van der Waals surface area contributed by atoms with Crippen LogP contribution in [0.1, 0.15) is 64.8 Å². The second-order valence-corrected chi connectivity index (χ2v) is 11.2. The standard InChI is InChI=1S/C33H37N3O6/c1-21-14-24-19-34-27-18-31(29(40-3)17-26(27)33(38)36(24)20-21)42-13-6-4-5-12-41-30-15-22-9-10-23-8-7-11-35(23)32(37)25(22)16-28(30)39-2/h9-10,15-19,23-24H,1,4-8,11-14,20H2,2-3H3/t23?,24-/m0/s1. The Morgan fingerprint density at radius 1 is 0.857 bits per heavy atom. The van der Waals surface area contributed by atoms with Gasteiger partial charge in [-0.05, 0) is 62.3 Å². The molecule has 2 aromatic rings. The second kappa shape index (κ2) is 11.9. The van der Waals surface area contributed by atoms with Crippen LogP contribution >= 0.6 is 0 Å². The number of methoxy groups -OCH3 is 2. The number of amides is 2. The highest BCUT2D eigenvalue weighted by Gasteiger charge is 2.34. The zero-order valence-corrected chi connectivity index (χ0v) is 24.3. The SMILES string of the molecule is C=C1C[C@H]2C=Nc3cc(OCCCCCOc4cc5c(cc4OC)C(=O)N4CCCC4C=C5)c(OC)cc3C(=O)N2C1. The molecule has 220 valence electrons. The van der Waals surface area contributed by atoms with Crippen molar-refractivity contribution in [3.63, 3.8) is 0 Å². The molecule has 42 heavy (non-hydrogen) atoms. The number of hydrogen-bond acceptors (Lipinski definition) is 7. The predicted octanol–water partition coefficient (Wildman–Crippen LogP) is 5.45. The van der Waals surface area contributed by atoms with Crippen LogP contribution in [0.15, 0.2) is 47.5 Å². The third-order valence-electron chi connectivity index (χ3n) is 8.38. The highest BCUT2D eigenvalue weighted by atomic mass is 16.5. The van der Waals surface area contributed by atoms with Gasteiger partial charge in [0.1, 0.15) is 0 Å². The van der Waals surface area contributed by atoms with E-state index in [0.717, 1.165) is 56.2 Å². The van der Waals surface area contributed by atoms with Gasteiger partial charge in [0.05, 0.1) is 56.3 Å². The van der Waals surface area contributed by atoms with Crippen LogP contribution in [0.3, 0.4) is 0 Å². The molecule has 2 saturated heterocycles. The van der Waals surface area contributed by atoms with E-state index < -0.39 is 0 Å². The van der Waals surface area contributed by atoms with Crippen molar-refractivity contribution in [2.24, 2.45) is 4.99 Å². The van der Waals surface area contributed by atoms with Gasteiger partial charge in [-0.15, -0.1) is 0 Å². The first kappa shape index (κ1) is 27.9. The summed E-state index contributed by atoms with van der Waals surface area (Å²) in [6, 6.07) is 7.34. The Kier molecular flexibility index (Phi) is 7.91. The zero-order chi connectivity index (χ0) is 29.2. The van der Waals surface area contributed by atoms with E-state index in [1.54, 1.807) is 37.3 Å². The lowest BCUT2D eigenvalue weighted by molar-refractivity contribution is 0.0760. The Hall–Kier alpha value is -4.27. The molecule has 9 heteroatoms. The zero-order valence-electron chi connectivity index (χ0n) is 24.3. The number of carbonyl (C=O) groups excluding carboxylic acids is 2. The molecule has 9 nitrogen and oxygen atoms in total. The summed E-state index contributed by atoms with van der Waals surface area (Å²) in [5, 5.41) is 0. The van der Waals surface area contributed by atoms with Crippen LogP contribution in [0, 0.1) is 0 Å². The lowest BCUT2D eigenvalue weighted by atomic mass is 10.1. The molecule has 4 aliphatic heterocycles. The molecule has 2 fully saturated rings. The van der Waals surface area contributed by atoms with Crippen LogP contribution in [0.2, 0.25) is 0 Å². The van der Waals surface area contributed by atoms with Gasteiger partial charge in [-0.3, -0.25) is 14.6 Å². The minimum absolute atomic E-state index is 0.0542. The van der Waals surface area contributed by atoms with Crippen molar-refractivity contribution in [2.75, 3.05) is 40.5 Å². The molecule has 2 amide bonds. The minimum atomic E-state index is -0.0647. The number of benzene rings is 2. The Bertz CT molecular complexity index is 1460. The van der Waals surface area contributed by atoms with Crippen molar-refractivity contribution in [3.8, 4) is 23.0 Å². The van der Waals surface area contributed by atoms with Crippen LogP contribution in [0.4, 0.5) is 5.69 Å². The molecular formula is C33H37N3O6. The number of rotatable bonds is 10. The molecule has 2 atom stereocenters. The third-order valence-corrected chi connectivity index (χ3v) is 8.38. The first-order valence-electron chi connectivity index (χ1n) is 14.7. The average molecular weight is 572 g/mol. The average Bonchev–Trinajstić information content (AvgIpc) is 3.57. The molecule has 2 aromatic carbocycles. The van der Waals surface area contributed by atoms with Gasteiger partial charge in [0, 0.05) is 25.4 Å². The molecule has 0 bridgehead atoms. The van der Waals surface area contributed by atoms with Crippen LogP contribution in [-0.2, 0) is 0 Å². The van der Waals surface area contributed by atoms with Crippen LogP contribution < -0.4 is 18.9 Å². The van der Waals surface area contributed by atoms with E-state index in [2.05, 4.69) is 17.6 Å². The van der Waals surface area contributed by atoms with Crippen molar-refractivity contribution < 1.29 is 28.5 Å². The highest BCUT2D eigenvalue weighted by molar-refractivity contribution is 6.04. The van der Waals surface area contributed by atoms with Crippen molar-refractivity contribution in [1.29, 1.82) is 0 Å². The lowest BCUT2D eigenvalue weighted by Gasteiger charge is -2.21. The molecular weight excluding hydrogens is 534 g/mol. The van der Waals surface area contributed by atoms with Gasteiger partial charge < -0.3 is 28.7 Å². The Labute approximate surface area is 246 Å². The number of nitrogens with zero attached hydrogens (tertiary/aromatic N) is 3. The number of carbonyl (C=O) groups is 2. The van der Waals surface area contributed by atoms with Crippen molar-refractivity contribution in [1.82, 2.24) is 9.80 Å². The van der Waals surface area contributed by atoms with Crippen molar-refractivity contribution in [3.05, 3.63) is 59.2 Å². The van der Waals surface area contributed by atoms with E-state index >= 15 is 0 Å². The Balaban J connectivity index is 1.02. The molecule has 1 unspecified atom stereocenters. The van der Waals surface area contributed by atoms with Crippen LogP contribution in [0.25, 0.3) is 6.08 Å². The van der Waals surface area contributed by atoms with Crippen molar-refractivity contribution in [2.45, 2.75) is 50.6 Å². The first-order chi connectivity index (χ1) is 20.5. The molecule has 0 spiro atoms. The summed E-state index contributed by atoms with van der Waals surface area (Å²) in [5.41, 5.74) is 3.66. The predicted molar refractivity (Wildman–Crippen MR) is 161 cm³/mol. The van der Waals surface area contributed by atoms with Gasteiger partial charge >= 0.3 is 0 Å². The fourth-order valence-electron chi connectivity index (χ4n) is 6.14. The normalized spacial score (nSPS) is 20.5. The fourth-order valence-corrected chi connectivity index (χ4v) is 6.14. The van der Waals surface area contributed by atoms with Gasteiger partial charge in [0.25, 0.3) is 11.8 Å². The van der Waals surface area contributed by atoms with Gasteiger partial charge in [-0.2, -0.15) is 0 Å². The largest absolute Gasteiger partial charge is 0.493 e. The number of fused-ring (bicyclic) bond motifs is 4. The van der Waals surface area contributed by atoms with E-state index in [9.17, 15) is 9.59 Å². The molecule has 6 rings (SSSR count). The molecule has 0 aromatic heterocycles. The maximum atomic E-state index is 13.2. The van der Waals surface area contributed by atoms with Gasteiger partial charge in [-0.25, -0.2) is 0 Å². The number of aliphatic imine (C=N–C) groups is 1. The minimum Gasteiger partial charge on any atom is -0.493 e. The van der Waals surface area contributed by atoms with Gasteiger partial charge in [0.15, 0.2) is 23.0 Å². The lowest BCUT2D eigenvalue weighted by Crippen LogP contribution is -2.35. The molecule has 4 heterocycles. The maximum absolute atomic E-state index is 13.2. The molecule has 0 aliphatic carbocycles. The van der Waals surface area contributed by atoms with Crippen LogP contribution in [-0.4, -0.2) is 80.4 Å². The fraction of sp³-hybridized carbons (Fsp3) is 0.424.